The summed E-state index contributed by atoms with van der Waals surface area (Å²) in [5, 5.41) is 2.75. The summed E-state index contributed by atoms with van der Waals surface area (Å²) in [6, 6.07) is 9.32. The number of carbonyl (C=O) groups excluding carboxylic acids is 2. The van der Waals surface area contributed by atoms with E-state index in [1.165, 1.54) is 0 Å². The van der Waals surface area contributed by atoms with Crippen LogP contribution in [0.25, 0.3) is 0 Å². The Bertz CT molecular complexity index is 457. The second-order valence-electron chi connectivity index (χ2n) is 4.95. The van der Waals surface area contributed by atoms with Crippen molar-refractivity contribution in [3.05, 3.63) is 35.9 Å². The lowest BCUT2D eigenvalue weighted by Gasteiger charge is -2.24. The van der Waals surface area contributed by atoms with E-state index in [4.69, 9.17) is 4.74 Å². The zero-order valence-electron chi connectivity index (χ0n) is 10.6. The number of hydrogen-bond donors (Lipinski definition) is 1. The van der Waals surface area contributed by atoms with Crippen molar-refractivity contribution in [2.24, 2.45) is 5.41 Å². The molecule has 0 aliphatic carbocycles. The first kappa shape index (κ1) is 12.6. The molecule has 0 bridgehead atoms. The molecule has 0 aromatic heterocycles. The zero-order valence-corrected chi connectivity index (χ0v) is 10.6. The predicted octanol–water partition coefficient (Wildman–Crippen LogP) is 1.64. The van der Waals surface area contributed by atoms with E-state index >= 15 is 0 Å². The summed E-state index contributed by atoms with van der Waals surface area (Å²) in [7, 11) is 0. The number of nitrogens with one attached hydrogen (secondary N) is 1. The van der Waals surface area contributed by atoms with Crippen LogP contribution >= 0.6 is 0 Å². The topological polar surface area (TPSA) is 55.4 Å². The molecule has 4 heteroatoms. The molecule has 2 atom stereocenters. The van der Waals surface area contributed by atoms with Gasteiger partial charge >= 0.3 is 5.97 Å². The highest BCUT2D eigenvalue weighted by molar-refractivity contribution is 5.90. The van der Waals surface area contributed by atoms with Gasteiger partial charge in [0.05, 0.1) is 5.41 Å². The smallest absolute Gasteiger partial charge is 0.314 e. The number of hydrogen-bond acceptors (Lipinski definition) is 3. The van der Waals surface area contributed by atoms with Crippen LogP contribution in [0.3, 0.4) is 0 Å². The molecule has 1 aliphatic heterocycles. The molecule has 1 N–H and O–H groups in total. The van der Waals surface area contributed by atoms with Crippen LogP contribution < -0.4 is 5.32 Å². The summed E-state index contributed by atoms with van der Waals surface area (Å²) < 4.78 is 5.30. The van der Waals surface area contributed by atoms with Gasteiger partial charge in [0.2, 0.25) is 5.91 Å². The van der Waals surface area contributed by atoms with Crippen LogP contribution in [0, 0.1) is 5.41 Å². The fourth-order valence-corrected chi connectivity index (χ4v) is 2.08. The van der Waals surface area contributed by atoms with E-state index in [2.05, 4.69) is 5.32 Å². The van der Waals surface area contributed by atoms with Gasteiger partial charge in [0, 0.05) is 12.5 Å². The van der Waals surface area contributed by atoms with Crippen molar-refractivity contribution in [3.63, 3.8) is 0 Å². The summed E-state index contributed by atoms with van der Waals surface area (Å²) in [5.74, 6) is -0.418. The lowest BCUT2D eigenvalue weighted by molar-refractivity contribution is -0.157. The Morgan fingerprint density at radius 2 is 2.11 bits per heavy atom. The first-order valence-corrected chi connectivity index (χ1v) is 6.03. The average molecular weight is 247 g/mol. The van der Waals surface area contributed by atoms with E-state index in [0.717, 1.165) is 5.56 Å². The van der Waals surface area contributed by atoms with Crippen molar-refractivity contribution >= 4 is 11.9 Å². The number of carbonyl (C=O) groups is 2. The van der Waals surface area contributed by atoms with E-state index in [1.54, 1.807) is 6.92 Å². The average Bonchev–Trinajstić information content (AvgIpc) is 2.62. The van der Waals surface area contributed by atoms with Crippen molar-refractivity contribution < 1.29 is 14.3 Å². The molecule has 0 spiro atoms. The van der Waals surface area contributed by atoms with E-state index in [-0.39, 0.29) is 30.9 Å². The van der Waals surface area contributed by atoms with E-state index in [1.807, 2.05) is 37.3 Å². The molecule has 18 heavy (non-hydrogen) atoms. The van der Waals surface area contributed by atoms with Crippen LogP contribution in [0.2, 0.25) is 0 Å². The monoisotopic (exact) mass is 247 g/mol. The van der Waals surface area contributed by atoms with E-state index in [0.29, 0.717) is 0 Å². The highest BCUT2D eigenvalue weighted by atomic mass is 16.5. The number of benzene rings is 1. The Kier molecular flexibility index (Phi) is 3.36. The largest absolute Gasteiger partial charge is 0.460 e. The van der Waals surface area contributed by atoms with Gasteiger partial charge in [-0.05, 0) is 19.4 Å². The molecular weight excluding hydrogens is 230 g/mol. The summed E-state index contributed by atoms with van der Waals surface area (Å²) in [6.07, 6.45) is 0.196. The molecule has 96 valence electrons. The Balaban J connectivity index is 1.98. The Hall–Kier alpha value is -1.84. The molecule has 0 radical (unpaired) electrons. The minimum absolute atomic E-state index is 0.0957. The molecule has 0 saturated carbocycles. The molecule has 1 saturated heterocycles. The van der Waals surface area contributed by atoms with Gasteiger partial charge in [-0.1, -0.05) is 30.3 Å². The first-order chi connectivity index (χ1) is 8.52. The minimum atomic E-state index is -0.758. The molecule has 1 amide bonds. The Morgan fingerprint density at radius 1 is 1.44 bits per heavy atom. The maximum absolute atomic E-state index is 12.1. The quantitative estimate of drug-likeness (QED) is 0.826. The fourth-order valence-electron chi connectivity index (χ4n) is 2.08. The van der Waals surface area contributed by atoms with Gasteiger partial charge in [-0.2, -0.15) is 0 Å². The van der Waals surface area contributed by atoms with Crippen molar-refractivity contribution in [2.45, 2.75) is 32.9 Å². The molecule has 1 heterocycles. The minimum Gasteiger partial charge on any atom is -0.460 e. The van der Waals surface area contributed by atoms with Crippen LogP contribution in [0.15, 0.2) is 30.3 Å². The molecule has 2 rings (SSSR count). The Morgan fingerprint density at radius 3 is 2.67 bits per heavy atom. The van der Waals surface area contributed by atoms with E-state index < -0.39 is 5.41 Å². The number of amides is 1. The Labute approximate surface area is 106 Å². The molecule has 4 nitrogen and oxygen atoms in total. The number of rotatable bonds is 3. The second-order valence-corrected chi connectivity index (χ2v) is 4.95. The van der Waals surface area contributed by atoms with Gasteiger partial charge < -0.3 is 10.1 Å². The molecule has 1 aliphatic rings. The lowest BCUT2D eigenvalue weighted by atomic mass is 9.83. The molecule has 1 aromatic carbocycles. The molecule has 1 fully saturated rings. The summed E-state index contributed by atoms with van der Waals surface area (Å²) in [6.45, 7) is 3.84. The van der Waals surface area contributed by atoms with Crippen molar-refractivity contribution in [1.82, 2.24) is 5.32 Å². The summed E-state index contributed by atoms with van der Waals surface area (Å²) in [5.41, 5.74) is 0.186. The van der Waals surface area contributed by atoms with Gasteiger partial charge in [0.1, 0.15) is 6.61 Å². The standard InChI is InChI=1S/C14H17NO3/c1-10-14(2,8-12(16)15-10)13(17)18-9-11-6-4-3-5-7-11/h3-7,10H,8-9H2,1-2H3,(H,15,16)/t10-,14-/m1/s1. The van der Waals surface area contributed by atoms with Crippen molar-refractivity contribution in [2.75, 3.05) is 0 Å². The summed E-state index contributed by atoms with van der Waals surface area (Å²) in [4.78, 5) is 23.4. The van der Waals surface area contributed by atoms with Gasteiger partial charge in [-0.25, -0.2) is 0 Å². The first-order valence-electron chi connectivity index (χ1n) is 6.03. The van der Waals surface area contributed by atoms with Gasteiger partial charge in [-0.3, -0.25) is 9.59 Å². The number of ether oxygens (including phenoxy) is 1. The third-order valence-electron chi connectivity index (χ3n) is 3.54. The van der Waals surface area contributed by atoms with Crippen LogP contribution in [0.1, 0.15) is 25.8 Å². The molecular formula is C14H17NO3. The fraction of sp³-hybridized carbons (Fsp3) is 0.429. The lowest BCUT2D eigenvalue weighted by Crippen LogP contribution is -2.39. The van der Waals surface area contributed by atoms with Crippen molar-refractivity contribution in [1.29, 1.82) is 0 Å². The molecule has 1 aromatic rings. The van der Waals surface area contributed by atoms with Crippen molar-refractivity contribution in [3.8, 4) is 0 Å². The highest BCUT2D eigenvalue weighted by Gasteiger charge is 2.47. The van der Waals surface area contributed by atoms with Crippen LogP contribution in [-0.2, 0) is 20.9 Å². The molecule has 0 unspecified atom stereocenters. The third kappa shape index (κ3) is 2.37. The summed E-state index contributed by atoms with van der Waals surface area (Å²) >= 11 is 0. The van der Waals surface area contributed by atoms with Crippen LogP contribution in [0.4, 0.5) is 0 Å². The maximum Gasteiger partial charge on any atom is 0.314 e. The van der Waals surface area contributed by atoms with Gasteiger partial charge in [0.15, 0.2) is 0 Å². The van der Waals surface area contributed by atoms with Gasteiger partial charge in [-0.15, -0.1) is 0 Å². The number of esters is 1. The van der Waals surface area contributed by atoms with Crippen LogP contribution in [-0.4, -0.2) is 17.9 Å². The van der Waals surface area contributed by atoms with Gasteiger partial charge in [0.25, 0.3) is 0 Å². The zero-order chi connectivity index (χ0) is 13.2. The maximum atomic E-state index is 12.1. The van der Waals surface area contributed by atoms with E-state index in [9.17, 15) is 9.59 Å². The normalized spacial score (nSPS) is 26.8. The third-order valence-corrected chi connectivity index (χ3v) is 3.54. The SMILES string of the molecule is C[C@H]1NC(=O)C[C@@]1(C)C(=O)OCc1ccccc1. The second kappa shape index (κ2) is 4.80. The van der Waals surface area contributed by atoms with Crippen LogP contribution in [0.5, 0.6) is 0 Å². The highest BCUT2D eigenvalue weighted by Crippen LogP contribution is 2.32. The predicted molar refractivity (Wildman–Crippen MR) is 66.6 cm³/mol.